The van der Waals surface area contributed by atoms with Crippen LogP contribution >= 0.6 is 15.9 Å². The van der Waals surface area contributed by atoms with Crippen molar-refractivity contribution in [3.05, 3.63) is 69.7 Å². The highest BCUT2D eigenvalue weighted by atomic mass is 79.9. The van der Waals surface area contributed by atoms with Crippen LogP contribution in [-0.2, 0) is 14.8 Å². The van der Waals surface area contributed by atoms with Crippen molar-refractivity contribution >= 4 is 31.7 Å². The Labute approximate surface area is 174 Å². The number of hydrogen-bond donors (Lipinski definition) is 0. The van der Waals surface area contributed by atoms with Crippen molar-refractivity contribution in [3.63, 3.8) is 0 Å². The fourth-order valence-electron chi connectivity index (χ4n) is 3.74. The lowest BCUT2D eigenvalue weighted by Crippen LogP contribution is -2.30. The van der Waals surface area contributed by atoms with E-state index in [9.17, 15) is 18.5 Å². The molecule has 146 valence electrons. The first-order chi connectivity index (χ1) is 13.2. The average Bonchev–Trinajstić information content (AvgIpc) is 3.13. The average molecular weight is 461 g/mol. The number of ketones is 1. The minimum atomic E-state index is -3.41. The summed E-state index contributed by atoms with van der Waals surface area (Å²) in [6.07, 6.45) is 1.17. The Kier molecular flexibility index (Phi) is 6.04. The number of hydrogen-bond acceptors (Lipinski definition) is 4. The Hall–Kier alpha value is -2.01. The number of carbonyl (C=O) groups is 1. The van der Waals surface area contributed by atoms with E-state index < -0.39 is 15.9 Å². The number of benzene rings is 2. The number of halogens is 1. The quantitative estimate of drug-likeness (QED) is 0.681. The van der Waals surface area contributed by atoms with Gasteiger partial charge >= 0.3 is 0 Å². The van der Waals surface area contributed by atoms with Crippen LogP contribution in [0.25, 0.3) is 0 Å². The Morgan fingerprint density at radius 2 is 1.89 bits per heavy atom. The summed E-state index contributed by atoms with van der Waals surface area (Å²) < 4.78 is 26.6. The number of carbonyl (C=O) groups excluding carboxylic acids is 1. The molecule has 7 heteroatoms. The second-order valence-electron chi connectivity index (χ2n) is 7.21. The fourth-order valence-corrected chi connectivity index (χ4v) is 4.87. The van der Waals surface area contributed by atoms with Gasteiger partial charge in [-0.15, -0.1) is 0 Å². The molecule has 1 saturated heterocycles. The number of nitrogens with zero attached hydrogens (tertiary/aromatic N) is 2. The molecule has 5 nitrogen and oxygen atoms in total. The van der Waals surface area contributed by atoms with Gasteiger partial charge in [-0.25, -0.2) is 12.7 Å². The van der Waals surface area contributed by atoms with E-state index in [0.717, 1.165) is 15.6 Å². The zero-order chi connectivity index (χ0) is 20.5. The summed E-state index contributed by atoms with van der Waals surface area (Å²) in [6, 6.07) is 16.8. The first-order valence-electron chi connectivity index (χ1n) is 8.95. The first-order valence-corrected chi connectivity index (χ1v) is 11.6. The number of rotatable bonds is 5. The molecule has 0 aromatic heterocycles. The molecular weight excluding hydrogens is 440 g/mol. The fraction of sp³-hybridized carbons (Fsp3) is 0.333. The van der Waals surface area contributed by atoms with Crippen LogP contribution in [0, 0.1) is 17.2 Å². The standard InChI is InChI=1S/C21H21BrN2O3S/c1-14(16-6-8-18(22)9-7-16)21(25)20-13-24(28(2,26)27)12-19(20)17-5-3-4-15(10-17)11-23/h3-10,14,19-20H,12-13H2,1-2H3/t14?,19-,20+/m1/s1. The second-order valence-corrected chi connectivity index (χ2v) is 10.1. The summed E-state index contributed by atoms with van der Waals surface area (Å²) in [5, 5.41) is 9.19. The largest absolute Gasteiger partial charge is 0.299 e. The lowest BCUT2D eigenvalue weighted by Gasteiger charge is -2.21. The summed E-state index contributed by atoms with van der Waals surface area (Å²) in [6.45, 7) is 2.27. The molecule has 0 N–H and O–H groups in total. The zero-order valence-electron chi connectivity index (χ0n) is 15.7. The molecule has 1 unspecified atom stereocenters. The van der Waals surface area contributed by atoms with Crippen LogP contribution < -0.4 is 0 Å². The van der Waals surface area contributed by atoms with Crippen molar-refractivity contribution in [1.29, 1.82) is 5.26 Å². The van der Waals surface area contributed by atoms with Gasteiger partial charge in [0.2, 0.25) is 10.0 Å². The van der Waals surface area contributed by atoms with Gasteiger partial charge in [0.05, 0.1) is 17.9 Å². The van der Waals surface area contributed by atoms with Crippen LogP contribution in [0.1, 0.15) is 35.4 Å². The van der Waals surface area contributed by atoms with E-state index in [4.69, 9.17) is 0 Å². The summed E-state index contributed by atoms with van der Waals surface area (Å²) >= 11 is 3.40. The smallest absolute Gasteiger partial charge is 0.211 e. The third kappa shape index (κ3) is 4.35. The minimum Gasteiger partial charge on any atom is -0.299 e. The Morgan fingerprint density at radius 3 is 2.50 bits per heavy atom. The van der Waals surface area contributed by atoms with Gasteiger partial charge in [0.15, 0.2) is 0 Å². The molecule has 0 spiro atoms. The molecule has 0 radical (unpaired) electrons. The molecule has 3 atom stereocenters. The Morgan fingerprint density at radius 1 is 1.21 bits per heavy atom. The lowest BCUT2D eigenvalue weighted by molar-refractivity contribution is -0.123. The van der Waals surface area contributed by atoms with Gasteiger partial charge in [0, 0.05) is 35.3 Å². The van der Waals surface area contributed by atoms with E-state index >= 15 is 0 Å². The molecule has 1 heterocycles. The summed E-state index contributed by atoms with van der Waals surface area (Å²) in [5.74, 6) is -1.06. The Balaban J connectivity index is 1.95. The summed E-state index contributed by atoms with van der Waals surface area (Å²) in [4.78, 5) is 13.3. The predicted octanol–water partition coefficient (Wildman–Crippen LogP) is 3.67. The van der Waals surface area contributed by atoms with Gasteiger partial charge in [-0.1, -0.05) is 47.1 Å². The second kappa shape index (κ2) is 8.16. The molecule has 0 amide bonds. The van der Waals surface area contributed by atoms with E-state index in [2.05, 4.69) is 22.0 Å². The SMILES string of the molecule is CC(C(=O)[C@H]1CN(S(C)(=O)=O)C[C@@H]1c1cccc(C#N)c1)c1ccc(Br)cc1. The van der Waals surface area contributed by atoms with Crippen LogP contribution in [0.3, 0.4) is 0 Å². The molecule has 0 aliphatic carbocycles. The highest BCUT2D eigenvalue weighted by Gasteiger charge is 2.43. The van der Waals surface area contributed by atoms with E-state index in [-0.39, 0.29) is 30.7 Å². The topological polar surface area (TPSA) is 78.2 Å². The highest BCUT2D eigenvalue weighted by molar-refractivity contribution is 9.10. The van der Waals surface area contributed by atoms with Crippen molar-refractivity contribution in [2.24, 2.45) is 5.92 Å². The van der Waals surface area contributed by atoms with Crippen LogP contribution in [0.2, 0.25) is 0 Å². The maximum absolute atomic E-state index is 13.3. The van der Waals surface area contributed by atoms with Crippen molar-refractivity contribution in [1.82, 2.24) is 4.31 Å². The maximum Gasteiger partial charge on any atom is 0.211 e. The third-order valence-corrected chi connectivity index (χ3v) is 7.13. The highest BCUT2D eigenvalue weighted by Crippen LogP contribution is 2.38. The van der Waals surface area contributed by atoms with Crippen LogP contribution in [0.5, 0.6) is 0 Å². The Bertz CT molecular complexity index is 1030. The summed E-state index contributed by atoms with van der Waals surface area (Å²) in [7, 11) is -3.41. The third-order valence-electron chi connectivity index (χ3n) is 5.36. The van der Waals surface area contributed by atoms with E-state index in [1.165, 1.54) is 10.6 Å². The number of nitriles is 1. The molecule has 0 saturated carbocycles. The normalized spacial score (nSPS) is 21.2. The molecule has 1 aliphatic heterocycles. The van der Waals surface area contributed by atoms with Crippen molar-refractivity contribution in [2.45, 2.75) is 18.8 Å². The lowest BCUT2D eigenvalue weighted by atomic mass is 9.80. The number of sulfonamides is 1. The van der Waals surface area contributed by atoms with E-state index in [1.54, 1.807) is 18.2 Å². The zero-order valence-corrected chi connectivity index (χ0v) is 18.1. The van der Waals surface area contributed by atoms with Crippen molar-refractivity contribution < 1.29 is 13.2 Å². The van der Waals surface area contributed by atoms with Crippen LogP contribution in [0.15, 0.2) is 53.0 Å². The van der Waals surface area contributed by atoms with Crippen LogP contribution in [-0.4, -0.2) is 37.9 Å². The van der Waals surface area contributed by atoms with Crippen LogP contribution in [0.4, 0.5) is 0 Å². The monoisotopic (exact) mass is 460 g/mol. The van der Waals surface area contributed by atoms with Gasteiger partial charge in [-0.05, 0) is 35.4 Å². The molecule has 0 bridgehead atoms. The minimum absolute atomic E-state index is 0.0147. The van der Waals surface area contributed by atoms with Gasteiger partial charge in [-0.3, -0.25) is 4.79 Å². The molecule has 3 rings (SSSR count). The van der Waals surface area contributed by atoms with Crippen molar-refractivity contribution in [2.75, 3.05) is 19.3 Å². The summed E-state index contributed by atoms with van der Waals surface area (Å²) in [5.41, 5.74) is 2.23. The first kappa shape index (κ1) is 20.7. The molecule has 1 fully saturated rings. The molecule has 2 aromatic carbocycles. The predicted molar refractivity (Wildman–Crippen MR) is 111 cm³/mol. The van der Waals surface area contributed by atoms with E-state index in [0.29, 0.717) is 5.56 Å². The van der Waals surface area contributed by atoms with Gasteiger partial charge in [0.1, 0.15) is 5.78 Å². The molecule has 2 aromatic rings. The van der Waals surface area contributed by atoms with Gasteiger partial charge in [-0.2, -0.15) is 5.26 Å². The van der Waals surface area contributed by atoms with Gasteiger partial charge in [0.25, 0.3) is 0 Å². The molecular formula is C21H21BrN2O3S. The number of Topliss-reactive ketones (excluding diaryl/α,β-unsaturated/α-hetero) is 1. The van der Waals surface area contributed by atoms with E-state index in [1.807, 2.05) is 37.3 Å². The van der Waals surface area contributed by atoms with Gasteiger partial charge < -0.3 is 0 Å². The van der Waals surface area contributed by atoms with Crippen molar-refractivity contribution in [3.8, 4) is 6.07 Å². The molecule has 1 aliphatic rings. The maximum atomic E-state index is 13.3. The molecule has 28 heavy (non-hydrogen) atoms.